The van der Waals surface area contributed by atoms with Gasteiger partial charge in [0.05, 0.1) is 11.6 Å². The molecule has 16 heavy (non-hydrogen) atoms. The van der Waals surface area contributed by atoms with E-state index in [-0.39, 0.29) is 0 Å². The molecule has 0 amide bonds. The molecule has 0 aliphatic heterocycles. The van der Waals surface area contributed by atoms with E-state index in [4.69, 9.17) is 5.26 Å². The first-order valence-corrected chi connectivity index (χ1v) is 4.76. The Kier molecular flexibility index (Phi) is 2.75. The summed E-state index contributed by atoms with van der Waals surface area (Å²) >= 11 is 0. The Balaban J connectivity index is 2.59. The molecule has 0 atom stereocenters. The lowest BCUT2D eigenvalue weighted by Gasteiger charge is -2.03. The van der Waals surface area contributed by atoms with Crippen LogP contribution in [-0.4, -0.2) is 11.3 Å². The molecule has 0 fully saturated rings. The van der Waals surface area contributed by atoms with Crippen molar-refractivity contribution < 1.29 is 4.79 Å². The van der Waals surface area contributed by atoms with Crippen molar-refractivity contribution in [2.75, 3.05) is 0 Å². The zero-order valence-electron chi connectivity index (χ0n) is 8.42. The summed E-state index contributed by atoms with van der Waals surface area (Å²) in [6, 6.07) is 12.7. The molecule has 0 saturated carbocycles. The monoisotopic (exact) mass is 208 g/mol. The number of hydrogen-bond donors (Lipinski definition) is 0. The number of nitrogens with zero attached hydrogens (tertiary/aromatic N) is 2. The van der Waals surface area contributed by atoms with Crippen molar-refractivity contribution in [1.29, 1.82) is 5.26 Å². The van der Waals surface area contributed by atoms with E-state index in [1.807, 2.05) is 12.1 Å². The molecule has 76 valence electrons. The molecule has 0 bridgehead atoms. The Labute approximate surface area is 93.0 Å². The van der Waals surface area contributed by atoms with Crippen LogP contribution in [0.2, 0.25) is 0 Å². The van der Waals surface area contributed by atoms with Crippen LogP contribution < -0.4 is 0 Å². The Morgan fingerprint density at radius 1 is 1.25 bits per heavy atom. The van der Waals surface area contributed by atoms with Gasteiger partial charge in [0, 0.05) is 11.8 Å². The van der Waals surface area contributed by atoms with Gasteiger partial charge in [0.15, 0.2) is 6.29 Å². The maximum Gasteiger partial charge on any atom is 0.169 e. The number of aldehydes is 1. The number of carbonyl (C=O) groups is 1. The number of carbonyl (C=O) groups excluding carboxylic acids is 1. The highest BCUT2D eigenvalue weighted by Crippen LogP contribution is 2.21. The SMILES string of the molecule is N#Cc1cccc(-c2cccnc2C=O)c1. The van der Waals surface area contributed by atoms with Crippen molar-refractivity contribution in [3.8, 4) is 17.2 Å². The first-order chi connectivity index (χ1) is 7.85. The van der Waals surface area contributed by atoms with E-state index in [2.05, 4.69) is 11.1 Å². The second-order valence-corrected chi connectivity index (χ2v) is 3.25. The largest absolute Gasteiger partial charge is 0.296 e. The lowest BCUT2D eigenvalue weighted by atomic mass is 10.0. The molecular weight excluding hydrogens is 200 g/mol. The Morgan fingerprint density at radius 3 is 2.88 bits per heavy atom. The van der Waals surface area contributed by atoms with Crippen LogP contribution in [0.1, 0.15) is 16.1 Å². The molecule has 0 spiro atoms. The number of nitriles is 1. The van der Waals surface area contributed by atoms with Crippen LogP contribution >= 0.6 is 0 Å². The van der Waals surface area contributed by atoms with Crippen molar-refractivity contribution in [2.45, 2.75) is 0 Å². The van der Waals surface area contributed by atoms with Crippen LogP contribution in [0, 0.1) is 11.3 Å². The molecule has 1 heterocycles. The molecule has 0 unspecified atom stereocenters. The summed E-state index contributed by atoms with van der Waals surface area (Å²) in [6.07, 6.45) is 2.29. The molecule has 0 aliphatic carbocycles. The predicted molar refractivity (Wildman–Crippen MR) is 59.8 cm³/mol. The van der Waals surface area contributed by atoms with Crippen molar-refractivity contribution in [2.24, 2.45) is 0 Å². The van der Waals surface area contributed by atoms with Gasteiger partial charge in [0.2, 0.25) is 0 Å². The van der Waals surface area contributed by atoms with E-state index >= 15 is 0 Å². The molecule has 2 aromatic rings. The number of rotatable bonds is 2. The summed E-state index contributed by atoms with van der Waals surface area (Å²) in [5.74, 6) is 0. The van der Waals surface area contributed by atoms with Crippen LogP contribution in [0.15, 0.2) is 42.6 Å². The molecule has 3 nitrogen and oxygen atoms in total. The molecular formula is C13H8N2O. The minimum atomic E-state index is 0.387. The van der Waals surface area contributed by atoms with Gasteiger partial charge in [0.1, 0.15) is 5.69 Å². The van der Waals surface area contributed by atoms with Crippen LogP contribution in [0.25, 0.3) is 11.1 Å². The van der Waals surface area contributed by atoms with E-state index < -0.39 is 0 Å². The normalized spacial score (nSPS) is 9.44. The zero-order chi connectivity index (χ0) is 11.4. The topological polar surface area (TPSA) is 53.8 Å². The second-order valence-electron chi connectivity index (χ2n) is 3.25. The highest BCUT2D eigenvalue weighted by Gasteiger charge is 2.05. The van der Waals surface area contributed by atoms with Crippen molar-refractivity contribution >= 4 is 6.29 Å². The van der Waals surface area contributed by atoms with Crippen LogP contribution in [0.5, 0.6) is 0 Å². The van der Waals surface area contributed by atoms with Gasteiger partial charge in [-0.3, -0.25) is 9.78 Å². The maximum atomic E-state index is 10.8. The van der Waals surface area contributed by atoms with Gasteiger partial charge in [-0.2, -0.15) is 5.26 Å². The summed E-state index contributed by atoms with van der Waals surface area (Å²) in [7, 11) is 0. The highest BCUT2D eigenvalue weighted by atomic mass is 16.1. The van der Waals surface area contributed by atoms with Gasteiger partial charge in [-0.25, -0.2) is 0 Å². The quantitative estimate of drug-likeness (QED) is 0.712. The van der Waals surface area contributed by atoms with Gasteiger partial charge in [-0.05, 0) is 23.8 Å². The number of benzene rings is 1. The lowest BCUT2D eigenvalue weighted by molar-refractivity contribution is 0.111. The third-order valence-electron chi connectivity index (χ3n) is 2.25. The van der Waals surface area contributed by atoms with Crippen LogP contribution in [0.4, 0.5) is 0 Å². The molecule has 0 radical (unpaired) electrons. The summed E-state index contributed by atoms with van der Waals surface area (Å²) in [5.41, 5.74) is 2.53. The number of hydrogen-bond acceptors (Lipinski definition) is 3. The first-order valence-electron chi connectivity index (χ1n) is 4.76. The highest BCUT2D eigenvalue weighted by molar-refractivity contribution is 5.85. The Bertz CT molecular complexity index is 570. The van der Waals surface area contributed by atoms with E-state index in [0.717, 1.165) is 11.1 Å². The van der Waals surface area contributed by atoms with E-state index in [1.165, 1.54) is 0 Å². The van der Waals surface area contributed by atoms with Gasteiger partial charge in [-0.1, -0.05) is 18.2 Å². The van der Waals surface area contributed by atoms with Crippen molar-refractivity contribution in [3.05, 3.63) is 53.9 Å². The van der Waals surface area contributed by atoms with Crippen LogP contribution in [0.3, 0.4) is 0 Å². The lowest BCUT2D eigenvalue weighted by Crippen LogP contribution is -1.91. The molecule has 0 aliphatic rings. The van der Waals surface area contributed by atoms with E-state index in [9.17, 15) is 4.79 Å². The van der Waals surface area contributed by atoms with Gasteiger partial charge >= 0.3 is 0 Å². The van der Waals surface area contributed by atoms with E-state index in [1.54, 1.807) is 30.5 Å². The Morgan fingerprint density at radius 2 is 2.12 bits per heavy atom. The molecule has 1 aromatic carbocycles. The summed E-state index contributed by atoms with van der Waals surface area (Å²) in [5, 5.41) is 8.80. The van der Waals surface area contributed by atoms with Gasteiger partial charge in [0.25, 0.3) is 0 Å². The van der Waals surface area contributed by atoms with E-state index in [0.29, 0.717) is 17.5 Å². The third-order valence-corrected chi connectivity index (χ3v) is 2.25. The standard InChI is InChI=1S/C13H8N2O/c14-8-10-3-1-4-11(7-10)12-5-2-6-15-13(12)9-16/h1-7,9H. The average Bonchev–Trinajstić information content (AvgIpc) is 2.38. The summed E-state index contributed by atoms with van der Waals surface area (Å²) in [4.78, 5) is 14.8. The summed E-state index contributed by atoms with van der Waals surface area (Å²) < 4.78 is 0. The predicted octanol–water partition coefficient (Wildman–Crippen LogP) is 2.43. The van der Waals surface area contributed by atoms with Crippen LogP contribution in [-0.2, 0) is 0 Å². The summed E-state index contributed by atoms with van der Waals surface area (Å²) in [6.45, 7) is 0. The molecule has 1 aromatic heterocycles. The number of aromatic nitrogens is 1. The second kappa shape index (κ2) is 4.37. The molecule has 0 saturated heterocycles. The first kappa shape index (κ1) is 10.1. The molecule has 3 heteroatoms. The Hall–Kier alpha value is -2.47. The average molecular weight is 208 g/mol. The molecule has 2 rings (SSSR count). The minimum Gasteiger partial charge on any atom is -0.296 e. The molecule has 0 N–H and O–H groups in total. The number of pyridine rings is 1. The van der Waals surface area contributed by atoms with Gasteiger partial charge < -0.3 is 0 Å². The van der Waals surface area contributed by atoms with Crippen molar-refractivity contribution in [1.82, 2.24) is 4.98 Å². The zero-order valence-corrected chi connectivity index (χ0v) is 8.42. The van der Waals surface area contributed by atoms with Crippen molar-refractivity contribution in [3.63, 3.8) is 0 Å². The smallest absolute Gasteiger partial charge is 0.169 e. The van der Waals surface area contributed by atoms with Gasteiger partial charge in [-0.15, -0.1) is 0 Å². The fourth-order valence-corrected chi connectivity index (χ4v) is 1.51. The third kappa shape index (κ3) is 1.82. The minimum absolute atomic E-state index is 0.387. The maximum absolute atomic E-state index is 10.8. The fourth-order valence-electron chi connectivity index (χ4n) is 1.51. The fraction of sp³-hybridized carbons (Fsp3) is 0.